The predicted molar refractivity (Wildman–Crippen MR) is 65.2 cm³/mol. The molecule has 0 aromatic carbocycles. The third kappa shape index (κ3) is 2.82. The fraction of sp³-hybridized carbons (Fsp3) is 0.167. The van der Waals surface area contributed by atoms with E-state index in [9.17, 15) is 0 Å². The zero-order valence-corrected chi connectivity index (χ0v) is 9.48. The van der Waals surface area contributed by atoms with Crippen LogP contribution in [0.1, 0.15) is 9.75 Å². The van der Waals surface area contributed by atoms with Crippen LogP contribution < -0.4 is 0 Å². The Balaban J connectivity index is 1.79. The molecule has 2 heteroatoms. The van der Waals surface area contributed by atoms with Crippen LogP contribution in [0.5, 0.6) is 0 Å². The van der Waals surface area contributed by atoms with Crippen molar-refractivity contribution >= 4 is 22.7 Å². The molecule has 0 bridgehead atoms. The average molecular weight is 220 g/mol. The van der Waals surface area contributed by atoms with E-state index in [1.807, 2.05) is 22.7 Å². The van der Waals surface area contributed by atoms with Gasteiger partial charge < -0.3 is 0 Å². The van der Waals surface area contributed by atoms with E-state index >= 15 is 0 Å². The maximum Gasteiger partial charge on any atom is 0.00828 e. The van der Waals surface area contributed by atoms with Gasteiger partial charge in [-0.25, -0.2) is 0 Å². The summed E-state index contributed by atoms with van der Waals surface area (Å²) < 4.78 is 0. The van der Waals surface area contributed by atoms with Crippen LogP contribution in [-0.4, -0.2) is 0 Å². The second kappa shape index (κ2) is 5.13. The van der Waals surface area contributed by atoms with Crippen LogP contribution in [0.3, 0.4) is 0 Å². The molecule has 72 valence electrons. The molecule has 0 atom stereocenters. The third-order valence-electron chi connectivity index (χ3n) is 1.96. The molecule has 14 heavy (non-hydrogen) atoms. The van der Waals surface area contributed by atoms with E-state index in [4.69, 9.17) is 0 Å². The Morgan fingerprint density at radius 3 is 1.71 bits per heavy atom. The van der Waals surface area contributed by atoms with Gasteiger partial charge >= 0.3 is 0 Å². The molecule has 0 N–H and O–H groups in total. The molecule has 0 aliphatic heterocycles. The summed E-state index contributed by atoms with van der Waals surface area (Å²) in [5, 5.41) is 4.25. The van der Waals surface area contributed by atoms with Crippen molar-refractivity contribution in [2.24, 2.45) is 0 Å². The molecular weight excluding hydrogens is 208 g/mol. The Morgan fingerprint density at radius 1 is 0.857 bits per heavy atom. The Hall–Kier alpha value is -0.860. The van der Waals surface area contributed by atoms with Gasteiger partial charge in [0.15, 0.2) is 0 Å². The summed E-state index contributed by atoms with van der Waals surface area (Å²) in [6, 6.07) is 8.57. The lowest BCUT2D eigenvalue weighted by molar-refractivity contribution is 1.27. The largest absolute Gasteiger partial charge is 0.149 e. The summed E-state index contributed by atoms with van der Waals surface area (Å²) in [5.74, 6) is 0. The van der Waals surface area contributed by atoms with Crippen molar-refractivity contribution in [3.05, 3.63) is 56.9 Å². The van der Waals surface area contributed by atoms with Gasteiger partial charge in [-0.15, -0.1) is 22.7 Å². The number of rotatable bonds is 4. The van der Waals surface area contributed by atoms with E-state index in [2.05, 4.69) is 47.2 Å². The lowest BCUT2D eigenvalue weighted by atomic mass is 10.2. The lowest BCUT2D eigenvalue weighted by Gasteiger charge is -1.89. The molecule has 0 fully saturated rings. The van der Waals surface area contributed by atoms with Crippen LogP contribution in [-0.2, 0) is 12.8 Å². The van der Waals surface area contributed by atoms with Crippen molar-refractivity contribution in [1.82, 2.24) is 0 Å². The van der Waals surface area contributed by atoms with Gasteiger partial charge in [-0.05, 0) is 35.7 Å². The number of hydrogen-bond donors (Lipinski definition) is 0. The molecule has 0 saturated carbocycles. The first kappa shape index (κ1) is 9.69. The Labute approximate surface area is 92.5 Å². The Bertz CT molecular complexity index is 330. The lowest BCUT2D eigenvalue weighted by Crippen LogP contribution is -1.75. The van der Waals surface area contributed by atoms with Gasteiger partial charge in [-0.1, -0.05) is 24.3 Å². The number of allylic oxidation sites excluding steroid dienone is 2. The van der Waals surface area contributed by atoms with Crippen LogP contribution >= 0.6 is 22.7 Å². The highest BCUT2D eigenvalue weighted by molar-refractivity contribution is 7.10. The zero-order valence-electron chi connectivity index (χ0n) is 7.85. The van der Waals surface area contributed by atoms with Crippen molar-refractivity contribution in [2.75, 3.05) is 0 Å². The highest BCUT2D eigenvalue weighted by atomic mass is 32.1. The predicted octanol–water partition coefficient (Wildman–Crippen LogP) is 4.15. The maximum absolute atomic E-state index is 2.26. The molecule has 2 aromatic rings. The first-order valence-corrected chi connectivity index (χ1v) is 6.41. The van der Waals surface area contributed by atoms with Crippen LogP contribution in [0, 0.1) is 0 Å². The highest BCUT2D eigenvalue weighted by Gasteiger charge is 1.90. The molecule has 2 aromatic heterocycles. The molecule has 0 radical (unpaired) electrons. The summed E-state index contributed by atoms with van der Waals surface area (Å²) in [6.07, 6.45) is 6.66. The van der Waals surface area contributed by atoms with Crippen molar-refractivity contribution in [1.29, 1.82) is 0 Å². The smallest absolute Gasteiger partial charge is 0.00828 e. The van der Waals surface area contributed by atoms with E-state index < -0.39 is 0 Å². The second-order valence-electron chi connectivity index (χ2n) is 3.04. The van der Waals surface area contributed by atoms with E-state index in [0.717, 1.165) is 12.8 Å². The molecule has 0 saturated heterocycles. The van der Waals surface area contributed by atoms with E-state index in [-0.39, 0.29) is 0 Å². The zero-order chi connectivity index (χ0) is 9.64. The van der Waals surface area contributed by atoms with Crippen molar-refractivity contribution in [3.63, 3.8) is 0 Å². The van der Waals surface area contributed by atoms with E-state index in [1.165, 1.54) is 9.75 Å². The van der Waals surface area contributed by atoms with E-state index in [1.54, 1.807) is 0 Å². The molecule has 0 nitrogen and oxygen atoms in total. The second-order valence-corrected chi connectivity index (χ2v) is 5.10. The fourth-order valence-corrected chi connectivity index (χ4v) is 2.62. The van der Waals surface area contributed by atoms with Gasteiger partial charge in [0, 0.05) is 9.75 Å². The summed E-state index contributed by atoms with van der Waals surface area (Å²) in [7, 11) is 0. The number of hydrogen-bond acceptors (Lipinski definition) is 2. The molecule has 2 heterocycles. The minimum absolute atomic E-state index is 1.07. The Morgan fingerprint density at radius 2 is 1.36 bits per heavy atom. The van der Waals surface area contributed by atoms with Gasteiger partial charge in [-0.3, -0.25) is 0 Å². The third-order valence-corrected chi connectivity index (χ3v) is 3.76. The van der Waals surface area contributed by atoms with Gasteiger partial charge in [0.2, 0.25) is 0 Å². The van der Waals surface area contributed by atoms with Crippen molar-refractivity contribution < 1.29 is 0 Å². The van der Waals surface area contributed by atoms with Crippen LogP contribution in [0.25, 0.3) is 0 Å². The highest BCUT2D eigenvalue weighted by Crippen LogP contribution is 2.11. The SMILES string of the molecule is C(=CCc1cccs1)Cc1cccs1. The van der Waals surface area contributed by atoms with Crippen LogP contribution in [0.4, 0.5) is 0 Å². The van der Waals surface area contributed by atoms with Gasteiger partial charge in [-0.2, -0.15) is 0 Å². The summed E-state index contributed by atoms with van der Waals surface area (Å²) in [4.78, 5) is 2.87. The topological polar surface area (TPSA) is 0 Å². The summed E-state index contributed by atoms with van der Waals surface area (Å²) in [5.41, 5.74) is 0. The van der Waals surface area contributed by atoms with Crippen molar-refractivity contribution in [2.45, 2.75) is 12.8 Å². The van der Waals surface area contributed by atoms with Crippen LogP contribution in [0.15, 0.2) is 47.2 Å². The molecule has 0 spiro atoms. The number of thiophene rings is 2. The fourth-order valence-electron chi connectivity index (χ4n) is 1.26. The molecule has 2 rings (SSSR count). The quantitative estimate of drug-likeness (QED) is 0.679. The first-order valence-electron chi connectivity index (χ1n) is 4.65. The summed E-state index contributed by atoms with van der Waals surface area (Å²) in [6.45, 7) is 0. The van der Waals surface area contributed by atoms with Gasteiger partial charge in [0.05, 0.1) is 0 Å². The maximum atomic E-state index is 2.26. The normalized spacial score (nSPS) is 11.1. The molecular formula is C12H12S2. The van der Waals surface area contributed by atoms with Gasteiger partial charge in [0.25, 0.3) is 0 Å². The first-order chi connectivity index (χ1) is 6.95. The van der Waals surface area contributed by atoms with Crippen LogP contribution in [0.2, 0.25) is 0 Å². The van der Waals surface area contributed by atoms with E-state index in [0.29, 0.717) is 0 Å². The average Bonchev–Trinajstić information content (AvgIpc) is 2.86. The Kier molecular flexibility index (Phi) is 3.55. The minimum atomic E-state index is 1.07. The minimum Gasteiger partial charge on any atom is -0.149 e. The monoisotopic (exact) mass is 220 g/mol. The standard InChI is InChI=1S/C12H12S2/c1(5-11-7-3-9-13-11)2-6-12-8-4-10-14-12/h1-4,7-10H,5-6H2. The molecule has 0 amide bonds. The molecule has 0 unspecified atom stereocenters. The van der Waals surface area contributed by atoms with Gasteiger partial charge in [0.1, 0.15) is 0 Å². The molecule has 0 aliphatic rings. The molecule has 0 aliphatic carbocycles. The summed E-state index contributed by atoms with van der Waals surface area (Å²) >= 11 is 3.64. The van der Waals surface area contributed by atoms with Crippen molar-refractivity contribution in [3.8, 4) is 0 Å².